The van der Waals surface area contributed by atoms with Gasteiger partial charge in [0.15, 0.2) is 0 Å². The van der Waals surface area contributed by atoms with Gasteiger partial charge in [-0.15, -0.1) is 0 Å². The van der Waals surface area contributed by atoms with Gasteiger partial charge in [0.2, 0.25) is 0 Å². The number of hydrogen-bond acceptors (Lipinski definition) is 2. The Bertz CT molecular complexity index is 3600. The largest absolute Gasteiger partial charge is 0.310 e. The molecule has 0 radical (unpaired) electrons. The zero-order valence-electron chi connectivity index (χ0n) is 37.3. The van der Waals surface area contributed by atoms with E-state index in [1.54, 1.807) is 0 Å². The molecule has 67 heavy (non-hydrogen) atoms. The molecule has 0 bridgehead atoms. The Morgan fingerprint density at radius 3 is 1.24 bits per heavy atom. The smallest absolute Gasteiger partial charge is 0.0991 e. The highest BCUT2D eigenvalue weighted by Crippen LogP contribution is 2.63. The van der Waals surface area contributed by atoms with E-state index in [1.165, 1.54) is 89.0 Å². The third-order valence-electron chi connectivity index (χ3n) is 14.9. The quantitative estimate of drug-likeness (QED) is 0.167. The molecular formula is C65H44N2. The fourth-order valence-electron chi connectivity index (χ4n) is 11.8. The molecule has 1 atom stereocenters. The summed E-state index contributed by atoms with van der Waals surface area (Å²) in [5.74, 6) is 0. The van der Waals surface area contributed by atoms with Gasteiger partial charge in [0.25, 0.3) is 0 Å². The topological polar surface area (TPSA) is 27.0 Å². The predicted octanol–water partition coefficient (Wildman–Crippen LogP) is 16.7. The first-order valence-electron chi connectivity index (χ1n) is 23.2. The van der Waals surface area contributed by atoms with Crippen LogP contribution in [-0.2, 0) is 10.8 Å². The summed E-state index contributed by atoms with van der Waals surface area (Å²) < 4.78 is 0. The van der Waals surface area contributed by atoms with Crippen molar-refractivity contribution in [2.45, 2.75) is 24.7 Å². The van der Waals surface area contributed by atoms with Crippen LogP contribution in [-0.4, -0.2) is 0 Å². The van der Waals surface area contributed by atoms with E-state index in [0.717, 1.165) is 28.2 Å². The zero-order valence-corrected chi connectivity index (χ0v) is 37.3. The van der Waals surface area contributed by atoms with Crippen LogP contribution in [0.1, 0.15) is 52.8 Å². The zero-order chi connectivity index (χ0) is 44.9. The first-order valence-corrected chi connectivity index (χ1v) is 23.2. The molecular weight excluding hydrogens is 809 g/mol. The van der Waals surface area contributed by atoms with Crippen LogP contribution in [0.4, 0.5) is 17.1 Å². The van der Waals surface area contributed by atoms with E-state index in [9.17, 15) is 5.26 Å². The standard InChI is InChI=1S/C65H44N2/c1-64(2)58-22-12-9-19-52(58)55-33-30-50(39-61(55)64)67(49-28-26-45(27-29-49)48-37-46(43-15-5-3-6-16-43)36-47(38-48)44-17-7-4-8-18-44)51-31-34-57-54-21-11-14-24-60(54)65(63(57)40-51)59-23-13-10-20-53(59)56-32-25-42(41-66)35-62(56)65/h3-40H,1-2H3. The molecule has 0 amide bonds. The van der Waals surface area contributed by atoms with Gasteiger partial charge in [-0.3, -0.25) is 0 Å². The highest BCUT2D eigenvalue weighted by atomic mass is 15.1. The minimum absolute atomic E-state index is 0.170. The Morgan fingerprint density at radius 2 is 0.701 bits per heavy atom. The van der Waals surface area contributed by atoms with Crippen LogP contribution in [0.15, 0.2) is 231 Å². The first kappa shape index (κ1) is 38.9. The van der Waals surface area contributed by atoms with E-state index in [0.29, 0.717) is 5.56 Å². The van der Waals surface area contributed by atoms with E-state index in [4.69, 9.17) is 0 Å². The van der Waals surface area contributed by atoms with Crippen molar-refractivity contribution in [2.75, 3.05) is 4.90 Å². The predicted molar refractivity (Wildman–Crippen MR) is 276 cm³/mol. The second-order valence-corrected chi connectivity index (χ2v) is 18.8. The SMILES string of the molecule is CC1(C)c2ccccc2-c2ccc(N(c3ccc(-c4cc(-c5ccccc5)cc(-c5ccccc5)c4)cc3)c3ccc4c(c3)C3(c5ccccc5-c5ccc(C#N)cc53)c3ccccc3-4)cc21. The summed E-state index contributed by atoms with van der Waals surface area (Å²) >= 11 is 0. The molecule has 0 heterocycles. The number of hydrogen-bond donors (Lipinski definition) is 0. The third-order valence-corrected chi connectivity index (χ3v) is 14.9. The van der Waals surface area contributed by atoms with Crippen molar-refractivity contribution in [1.29, 1.82) is 5.26 Å². The molecule has 10 aromatic carbocycles. The van der Waals surface area contributed by atoms with E-state index in [2.05, 4.69) is 249 Å². The molecule has 0 saturated heterocycles. The van der Waals surface area contributed by atoms with Crippen LogP contribution in [0.5, 0.6) is 0 Å². The summed E-state index contributed by atoms with van der Waals surface area (Å²) in [6.45, 7) is 4.71. The molecule has 0 aromatic heterocycles. The average Bonchev–Trinajstić information content (AvgIpc) is 3.94. The van der Waals surface area contributed by atoms with Crippen molar-refractivity contribution in [3.05, 3.63) is 269 Å². The monoisotopic (exact) mass is 852 g/mol. The maximum absolute atomic E-state index is 10.3. The Morgan fingerprint density at radius 1 is 0.313 bits per heavy atom. The van der Waals surface area contributed by atoms with Crippen LogP contribution in [0.25, 0.3) is 66.8 Å². The van der Waals surface area contributed by atoms with Crippen molar-refractivity contribution >= 4 is 17.1 Å². The third kappa shape index (κ3) is 5.75. The Hall–Kier alpha value is -8.51. The molecule has 0 aliphatic heterocycles. The number of nitrogens with zero attached hydrogens (tertiary/aromatic N) is 2. The fraction of sp³-hybridized carbons (Fsp3) is 0.0615. The maximum Gasteiger partial charge on any atom is 0.0991 e. The molecule has 13 rings (SSSR count). The summed E-state index contributed by atoms with van der Waals surface area (Å²) in [6, 6.07) is 86.9. The molecule has 3 aliphatic rings. The van der Waals surface area contributed by atoms with Gasteiger partial charge in [-0.25, -0.2) is 0 Å². The Labute approximate surface area is 392 Å². The lowest BCUT2D eigenvalue weighted by Crippen LogP contribution is -2.26. The summed E-state index contributed by atoms with van der Waals surface area (Å²) in [5.41, 5.74) is 25.3. The van der Waals surface area contributed by atoms with Gasteiger partial charge in [-0.05, 0) is 167 Å². The molecule has 1 spiro atoms. The van der Waals surface area contributed by atoms with E-state index < -0.39 is 5.41 Å². The highest BCUT2D eigenvalue weighted by Gasteiger charge is 2.52. The van der Waals surface area contributed by atoms with Crippen LogP contribution in [0.2, 0.25) is 0 Å². The van der Waals surface area contributed by atoms with Gasteiger partial charge >= 0.3 is 0 Å². The van der Waals surface area contributed by atoms with Crippen molar-refractivity contribution in [1.82, 2.24) is 0 Å². The molecule has 0 saturated carbocycles. The van der Waals surface area contributed by atoms with Gasteiger partial charge in [0.1, 0.15) is 0 Å². The molecule has 314 valence electrons. The molecule has 3 aliphatic carbocycles. The van der Waals surface area contributed by atoms with Crippen molar-refractivity contribution in [2.24, 2.45) is 0 Å². The number of rotatable bonds is 6. The van der Waals surface area contributed by atoms with Gasteiger partial charge in [-0.2, -0.15) is 5.26 Å². The van der Waals surface area contributed by atoms with Gasteiger partial charge < -0.3 is 4.90 Å². The molecule has 2 nitrogen and oxygen atoms in total. The number of nitriles is 1. The lowest BCUT2D eigenvalue weighted by molar-refractivity contribution is 0.660. The van der Waals surface area contributed by atoms with Gasteiger partial charge in [-0.1, -0.05) is 178 Å². The van der Waals surface area contributed by atoms with Crippen molar-refractivity contribution in [3.8, 4) is 72.8 Å². The second kappa shape index (κ2) is 14.8. The Balaban J connectivity index is 1.01. The second-order valence-electron chi connectivity index (χ2n) is 18.8. The Kier molecular flexibility index (Phi) is 8.57. The first-order chi connectivity index (χ1) is 32.9. The highest BCUT2D eigenvalue weighted by molar-refractivity contribution is 5.97. The minimum atomic E-state index is -0.599. The van der Waals surface area contributed by atoms with Crippen LogP contribution in [0.3, 0.4) is 0 Å². The van der Waals surface area contributed by atoms with Crippen molar-refractivity contribution < 1.29 is 0 Å². The lowest BCUT2D eigenvalue weighted by Gasteiger charge is -2.32. The fourth-order valence-corrected chi connectivity index (χ4v) is 11.8. The van der Waals surface area contributed by atoms with Gasteiger partial charge in [0, 0.05) is 22.5 Å². The molecule has 0 fully saturated rings. The molecule has 10 aromatic rings. The average molecular weight is 853 g/mol. The minimum Gasteiger partial charge on any atom is -0.310 e. The number of benzene rings is 10. The molecule has 2 heteroatoms. The van der Waals surface area contributed by atoms with E-state index >= 15 is 0 Å². The summed E-state index contributed by atoms with van der Waals surface area (Å²) in [6.07, 6.45) is 0. The van der Waals surface area contributed by atoms with Gasteiger partial charge in [0.05, 0.1) is 17.0 Å². The molecule has 1 unspecified atom stereocenters. The normalized spacial score (nSPS) is 15.2. The van der Waals surface area contributed by atoms with Crippen LogP contribution >= 0.6 is 0 Å². The maximum atomic E-state index is 10.3. The summed E-state index contributed by atoms with van der Waals surface area (Å²) in [5, 5.41) is 10.3. The molecule has 0 N–H and O–H groups in total. The van der Waals surface area contributed by atoms with Crippen LogP contribution < -0.4 is 4.90 Å². The summed E-state index contributed by atoms with van der Waals surface area (Å²) in [7, 11) is 0. The lowest BCUT2D eigenvalue weighted by atomic mass is 9.70. The van der Waals surface area contributed by atoms with Crippen LogP contribution in [0, 0.1) is 11.3 Å². The van der Waals surface area contributed by atoms with E-state index in [-0.39, 0.29) is 5.41 Å². The number of anilines is 3. The van der Waals surface area contributed by atoms with Crippen molar-refractivity contribution in [3.63, 3.8) is 0 Å². The summed E-state index contributed by atoms with van der Waals surface area (Å²) in [4.78, 5) is 2.45. The number of fused-ring (bicyclic) bond motifs is 13. The van der Waals surface area contributed by atoms with E-state index in [1.807, 2.05) is 6.07 Å².